The van der Waals surface area contributed by atoms with Gasteiger partial charge in [-0.05, 0) is 23.6 Å². The average molecular weight is 366 g/mol. The van der Waals surface area contributed by atoms with Gasteiger partial charge in [0.25, 0.3) is 0 Å². The molecule has 1 heterocycles. The molecule has 1 aromatic heterocycles. The van der Waals surface area contributed by atoms with Crippen molar-refractivity contribution >= 4 is 39.9 Å². The standard InChI is InChI=1S/C17H20ClN3O2S/c1-10(2)15(20-11(3)22)16(23)21-17-19-9-14(24-17)8-12-4-6-13(18)7-5-12/h4-7,9-10,15H,8H2,1-3H3,(H,20,22)(H,19,21,23)/t15-/m1/s1. The van der Waals surface area contributed by atoms with Crippen molar-refractivity contribution in [1.82, 2.24) is 10.3 Å². The van der Waals surface area contributed by atoms with Gasteiger partial charge in [0.2, 0.25) is 11.8 Å². The first-order chi connectivity index (χ1) is 11.3. The lowest BCUT2D eigenvalue weighted by Crippen LogP contribution is -2.46. The Morgan fingerprint density at radius 1 is 1.25 bits per heavy atom. The van der Waals surface area contributed by atoms with E-state index >= 15 is 0 Å². The number of anilines is 1. The lowest BCUT2D eigenvalue weighted by molar-refractivity contribution is -0.126. The Morgan fingerprint density at radius 2 is 1.92 bits per heavy atom. The summed E-state index contributed by atoms with van der Waals surface area (Å²) >= 11 is 7.30. The number of carbonyl (C=O) groups is 2. The molecule has 0 saturated carbocycles. The van der Waals surface area contributed by atoms with Crippen molar-refractivity contribution in [2.24, 2.45) is 5.92 Å². The molecule has 1 aromatic carbocycles. The lowest BCUT2D eigenvalue weighted by Gasteiger charge is -2.20. The second kappa shape index (κ2) is 8.26. The Balaban J connectivity index is 2.00. The van der Waals surface area contributed by atoms with E-state index in [9.17, 15) is 9.59 Å². The fraction of sp³-hybridized carbons (Fsp3) is 0.353. The van der Waals surface area contributed by atoms with Gasteiger partial charge in [0.05, 0.1) is 0 Å². The predicted molar refractivity (Wildman–Crippen MR) is 97.4 cm³/mol. The summed E-state index contributed by atoms with van der Waals surface area (Å²) in [7, 11) is 0. The molecule has 24 heavy (non-hydrogen) atoms. The van der Waals surface area contributed by atoms with Crippen molar-refractivity contribution in [2.75, 3.05) is 5.32 Å². The Labute approximate surface area is 150 Å². The largest absolute Gasteiger partial charge is 0.344 e. The van der Waals surface area contributed by atoms with Crippen LogP contribution in [-0.2, 0) is 16.0 Å². The Morgan fingerprint density at radius 3 is 2.50 bits per heavy atom. The number of nitrogens with one attached hydrogen (secondary N) is 2. The van der Waals surface area contributed by atoms with Crippen LogP contribution >= 0.6 is 22.9 Å². The molecule has 7 heteroatoms. The second-order valence-electron chi connectivity index (χ2n) is 5.85. The molecule has 2 rings (SSSR count). The van der Waals surface area contributed by atoms with Crippen LogP contribution in [0, 0.1) is 5.92 Å². The molecule has 0 aliphatic rings. The molecule has 2 aromatic rings. The first-order valence-corrected chi connectivity index (χ1v) is 8.81. The first-order valence-electron chi connectivity index (χ1n) is 7.62. The number of hydrogen-bond donors (Lipinski definition) is 2. The molecule has 0 aliphatic carbocycles. The Bertz CT molecular complexity index is 713. The zero-order valence-corrected chi connectivity index (χ0v) is 15.4. The van der Waals surface area contributed by atoms with Gasteiger partial charge in [-0.3, -0.25) is 9.59 Å². The van der Waals surface area contributed by atoms with Crippen molar-refractivity contribution in [1.29, 1.82) is 0 Å². The maximum Gasteiger partial charge on any atom is 0.248 e. The number of carbonyl (C=O) groups excluding carboxylic acids is 2. The molecule has 1 atom stereocenters. The van der Waals surface area contributed by atoms with Crippen LogP contribution in [-0.4, -0.2) is 22.8 Å². The second-order valence-corrected chi connectivity index (χ2v) is 7.40. The van der Waals surface area contributed by atoms with E-state index in [0.717, 1.165) is 16.9 Å². The number of amides is 2. The van der Waals surface area contributed by atoms with Crippen LogP contribution in [0.5, 0.6) is 0 Å². The molecule has 0 unspecified atom stereocenters. The summed E-state index contributed by atoms with van der Waals surface area (Å²) in [6.45, 7) is 5.16. The Kier molecular flexibility index (Phi) is 6.34. The highest BCUT2D eigenvalue weighted by molar-refractivity contribution is 7.15. The van der Waals surface area contributed by atoms with Crippen LogP contribution in [0.2, 0.25) is 5.02 Å². The van der Waals surface area contributed by atoms with Crippen LogP contribution in [0.15, 0.2) is 30.5 Å². The van der Waals surface area contributed by atoms with E-state index in [2.05, 4.69) is 15.6 Å². The van der Waals surface area contributed by atoms with Crippen LogP contribution < -0.4 is 10.6 Å². The van der Waals surface area contributed by atoms with E-state index in [0.29, 0.717) is 10.2 Å². The van der Waals surface area contributed by atoms with Gasteiger partial charge in [-0.25, -0.2) is 4.98 Å². The molecule has 128 valence electrons. The maximum absolute atomic E-state index is 12.3. The van der Waals surface area contributed by atoms with Gasteiger partial charge in [-0.1, -0.05) is 37.6 Å². The molecular weight excluding hydrogens is 346 g/mol. The minimum atomic E-state index is -0.578. The maximum atomic E-state index is 12.3. The molecule has 0 aliphatic heterocycles. The lowest BCUT2D eigenvalue weighted by atomic mass is 10.0. The van der Waals surface area contributed by atoms with E-state index in [1.165, 1.54) is 18.3 Å². The van der Waals surface area contributed by atoms with Crippen molar-refractivity contribution < 1.29 is 9.59 Å². The fourth-order valence-electron chi connectivity index (χ4n) is 2.19. The third-order valence-corrected chi connectivity index (χ3v) is 4.55. The molecular formula is C17H20ClN3O2S. The smallest absolute Gasteiger partial charge is 0.248 e. The molecule has 2 N–H and O–H groups in total. The molecule has 0 bridgehead atoms. The SMILES string of the molecule is CC(=O)N[C@@H](C(=O)Nc1ncc(Cc2ccc(Cl)cc2)s1)C(C)C. The van der Waals surface area contributed by atoms with E-state index < -0.39 is 6.04 Å². The molecule has 0 fully saturated rings. The number of aromatic nitrogens is 1. The van der Waals surface area contributed by atoms with Crippen molar-refractivity contribution in [2.45, 2.75) is 33.2 Å². The summed E-state index contributed by atoms with van der Waals surface area (Å²) in [6.07, 6.45) is 2.47. The summed E-state index contributed by atoms with van der Waals surface area (Å²) in [5.41, 5.74) is 1.12. The quantitative estimate of drug-likeness (QED) is 0.823. The van der Waals surface area contributed by atoms with Gasteiger partial charge in [-0.2, -0.15) is 0 Å². The number of halogens is 1. The van der Waals surface area contributed by atoms with E-state index in [1.807, 2.05) is 38.1 Å². The molecule has 0 radical (unpaired) electrons. The number of thiazole rings is 1. The molecule has 0 saturated heterocycles. The zero-order chi connectivity index (χ0) is 17.7. The summed E-state index contributed by atoms with van der Waals surface area (Å²) in [5, 5.41) is 6.67. The van der Waals surface area contributed by atoms with E-state index in [-0.39, 0.29) is 17.7 Å². The van der Waals surface area contributed by atoms with Gasteiger partial charge >= 0.3 is 0 Å². The van der Waals surface area contributed by atoms with Gasteiger partial charge in [0, 0.05) is 29.4 Å². The van der Waals surface area contributed by atoms with Crippen molar-refractivity contribution in [3.8, 4) is 0 Å². The fourth-order valence-corrected chi connectivity index (χ4v) is 3.16. The minimum absolute atomic E-state index is 0.0117. The van der Waals surface area contributed by atoms with Crippen molar-refractivity contribution in [3.63, 3.8) is 0 Å². The first kappa shape index (κ1) is 18.4. The summed E-state index contributed by atoms with van der Waals surface area (Å²) < 4.78 is 0. The van der Waals surface area contributed by atoms with E-state index in [4.69, 9.17) is 11.6 Å². The van der Waals surface area contributed by atoms with Crippen LogP contribution in [0.1, 0.15) is 31.2 Å². The number of benzene rings is 1. The monoisotopic (exact) mass is 365 g/mol. The minimum Gasteiger partial charge on any atom is -0.344 e. The number of nitrogens with zero attached hydrogens (tertiary/aromatic N) is 1. The highest BCUT2D eigenvalue weighted by atomic mass is 35.5. The zero-order valence-electron chi connectivity index (χ0n) is 13.8. The number of hydrogen-bond acceptors (Lipinski definition) is 4. The van der Waals surface area contributed by atoms with Crippen molar-refractivity contribution in [3.05, 3.63) is 45.9 Å². The van der Waals surface area contributed by atoms with E-state index in [1.54, 1.807) is 6.20 Å². The third-order valence-electron chi connectivity index (χ3n) is 3.38. The molecule has 2 amide bonds. The predicted octanol–water partition coefficient (Wildman–Crippen LogP) is 3.49. The highest BCUT2D eigenvalue weighted by Gasteiger charge is 2.23. The topological polar surface area (TPSA) is 71.1 Å². The third kappa shape index (κ3) is 5.32. The van der Waals surface area contributed by atoms with Crippen LogP contribution in [0.25, 0.3) is 0 Å². The van der Waals surface area contributed by atoms with Crippen LogP contribution in [0.3, 0.4) is 0 Å². The van der Waals surface area contributed by atoms with Gasteiger partial charge < -0.3 is 10.6 Å². The van der Waals surface area contributed by atoms with Crippen LogP contribution in [0.4, 0.5) is 5.13 Å². The summed E-state index contributed by atoms with van der Waals surface area (Å²) in [6, 6.07) is 7.05. The molecule has 5 nitrogen and oxygen atoms in total. The van der Waals surface area contributed by atoms with Gasteiger partial charge in [0.1, 0.15) is 6.04 Å². The van der Waals surface area contributed by atoms with Gasteiger partial charge in [0.15, 0.2) is 5.13 Å². The molecule has 0 spiro atoms. The highest BCUT2D eigenvalue weighted by Crippen LogP contribution is 2.22. The Hall–Kier alpha value is -1.92. The van der Waals surface area contributed by atoms with Gasteiger partial charge in [-0.15, -0.1) is 11.3 Å². The number of rotatable bonds is 6. The average Bonchev–Trinajstić information content (AvgIpc) is 2.93. The summed E-state index contributed by atoms with van der Waals surface area (Å²) in [4.78, 5) is 28.8. The summed E-state index contributed by atoms with van der Waals surface area (Å²) in [5.74, 6) is -0.499. The normalized spacial score (nSPS) is 12.0.